The van der Waals surface area contributed by atoms with E-state index in [2.05, 4.69) is 134 Å². The molecule has 0 spiro atoms. The van der Waals surface area contributed by atoms with Gasteiger partial charge < -0.3 is 0 Å². The number of benzene rings is 4. The number of pyridine rings is 1. The quantitative estimate of drug-likeness (QED) is 0.246. The van der Waals surface area contributed by atoms with Gasteiger partial charge in [-0.1, -0.05) is 117 Å². The lowest BCUT2D eigenvalue weighted by atomic mass is 9.89. The number of hydrogen-bond donors (Lipinski definition) is 1. The lowest BCUT2D eigenvalue weighted by Crippen LogP contribution is -2.33. The Morgan fingerprint density at radius 3 is 2.08 bits per heavy atom. The second-order valence-electron chi connectivity index (χ2n) is 10.2. The number of allylic oxidation sites excluding steroid dienone is 2. The average molecular weight is 481 g/mol. The molecule has 4 aromatic carbocycles. The van der Waals surface area contributed by atoms with Crippen molar-refractivity contribution in [3.05, 3.63) is 138 Å². The predicted octanol–water partition coefficient (Wildman–Crippen LogP) is 8.64. The van der Waals surface area contributed by atoms with Crippen LogP contribution in [0.1, 0.15) is 37.6 Å². The molecule has 37 heavy (non-hydrogen) atoms. The molecule has 1 aromatic heterocycles. The smallest absolute Gasteiger partial charge is 0.0768 e. The van der Waals surface area contributed by atoms with Crippen LogP contribution < -0.4 is 5.32 Å². The van der Waals surface area contributed by atoms with Crippen LogP contribution in [0.15, 0.2) is 127 Å². The van der Waals surface area contributed by atoms with Crippen molar-refractivity contribution in [2.75, 3.05) is 0 Å². The molecule has 0 amide bonds. The van der Waals surface area contributed by atoms with Crippen LogP contribution in [0.5, 0.6) is 0 Å². The lowest BCUT2D eigenvalue weighted by molar-refractivity contribution is 0.527. The number of fused-ring (bicyclic) bond motifs is 2. The van der Waals surface area contributed by atoms with Crippen molar-refractivity contribution in [1.82, 2.24) is 10.3 Å². The first kappa shape index (κ1) is 23.4. The molecule has 6 rings (SSSR count). The van der Waals surface area contributed by atoms with Crippen molar-refractivity contribution in [2.45, 2.75) is 32.4 Å². The molecule has 0 aliphatic heterocycles. The first-order valence-electron chi connectivity index (χ1n) is 13.2. The van der Waals surface area contributed by atoms with Gasteiger partial charge in [0.1, 0.15) is 0 Å². The van der Waals surface area contributed by atoms with E-state index in [1.54, 1.807) is 0 Å². The summed E-state index contributed by atoms with van der Waals surface area (Å²) in [7, 11) is 0. The predicted molar refractivity (Wildman–Crippen MR) is 157 cm³/mol. The topological polar surface area (TPSA) is 24.9 Å². The van der Waals surface area contributed by atoms with Gasteiger partial charge in [-0.25, -0.2) is 0 Å². The van der Waals surface area contributed by atoms with Crippen molar-refractivity contribution >= 4 is 21.5 Å². The van der Waals surface area contributed by atoms with Gasteiger partial charge in [-0.2, -0.15) is 0 Å². The van der Waals surface area contributed by atoms with Crippen LogP contribution in [0.25, 0.3) is 32.8 Å². The highest BCUT2D eigenvalue weighted by Gasteiger charge is 2.24. The van der Waals surface area contributed by atoms with Gasteiger partial charge in [0.05, 0.1) is 17.4 Å². The van der Waals surface area contributed by atoms with Crippen LogP contribution in [-0.2, 0) is 0 Å². The van der Waals surface area contributed by atoms with E-state index in [1.807, 2.05) is 6.07 Å². The maximum atomic E-state index is 5.24. The molecule has 2 heteroatoms. The number of nitrogens with one attached hydrogen (secondary N) is 1. The average Bonchev–Trinajstić information content (AvgIpc) is 2.95. The van der Waals surface area contributed by atoms with E-state index in [1.165, 1.54) is 32.7 Å². The fourth-order valence-electron chi connectivity index (χ4n) is 5.46. The third-order valence-corrected chi connectivity index (χ3v) is 7.41. The van der Waals surface area contributed by atoms with Gasteiger partial charge in [0, 0.05) is 11.6 Å². The van der Waals surface area contributed by atoms with E-state index in [4.69, 9.17) is 4.98 Å². The summed E-state index contributed by atoms with van der Waals surface area (Å²) < 4.78 is 0. The van der Waals surface area contributed by atoms with Crippen LogP contribution >= 0.6 is 0 Å². The first-order valence-corrected chi connectivity index (χ1v) is 13.2. The number of aromatic nitrogens is 1. The molecule has 1 aliphatic rings. The maximum absolute atomic E-state index is 5.24. The summed E-state index contributed by atoms with van der Waals surface area (Å²) >= 11 is 0. The van der Waals surface area contributed by atoms with Gasteiger partial charge in [-0.05, 0) is 63.2 Å². The summed E-state index contributed by atoms with van der Waals surface area (Å²) in [4.78, 5) is 5.24. The largest absolute Gasteiger partial charge is 0.298 e. The molecule has 0 saturated carbocycles. The zero-order valence-corrected chi connectivity index (χ0v) is 21.4. The Balaban J connectivity index is 1.52. The normalized spacial score (nSPS) is 16.3. The Hall–Kier alpha value is -4.01. The van der Waals surface area contributed by atoms with Gasteiger partial charge >= 0.3 is 0 Å². The van der Waals surface area contributed by atoms with E-state index in [0.29, 0.717) is 5.92 Å². The second kappa shape index (κ2) is 10.2. The molecule has 0 radical (unpaired) electrons. The number of rotatable bonds is 6. The molecular formula is C35H32N2. The zero-order chi connectivity index (χ0) is 25.2. The molecule has 1 aliphatic carbocycles. The molecule has 0 bridgehead atoms. The van der Waals surface area contributed by atoms with Crippen molar-refractivity contribution < 1.29 is 0 Å². The third kappa shape index (κ3) is 4.73. The van der Waals surface area contributed by atoms with Gasteiger partial charge in [0.15, 0.2) is 0 Å². The van der Waals surface area contributed by atoms with Crippen LogP contribution in [0.3, 0.4) is 0 Å². The first-order chi connectivity index (χ1) is 18.2. The van der Waals surface area contributed by atoms with Gasteiger partial charge in [0.2, 0.25) is 0 Å². The molecule has 0 saturated heterocycles. The molecular weight excluding hydrogens is 448 g/mol. The van der Waals surface area contributed by atoms with E-state index in [-0.39, 0.29) is 12.1 Å². The molecule has 1 heterocycles. The Kier molecular flexibility index (Phi) is 6.42. The Morgan fingerprint density at radius 2 is 1.43 bits per heavy atom. The van der Waals surface area contributed by atoms with Crippen LogP contribution in [-0.4, -0.2) is 11.0 Å². The number of nitrogens with zero attached hydrogens (tertiary/aromatic N) is 1. The minimum absolute atomic E-state index is 0.0664. The molecule has 182 valence electrons. The van der Waals surface area contributed by atoms with Crippen LogP contribution in [0.4, 0.5) is 0 Å². The van der Waals surface area contributed by atoms with E-state index in [0.717, 1.165) is 23.4 Å². The van der Waals surface area contributed by atoms with Crippen LogP contribution in [0.2, 0.25) is 0 Å². The Labute approximate surface area is 219 Å². The molecule has 2 nitrogen and oxygen atoms in total. The summed E-state index contributed by atoms with van der Waals surface area (Å²) in [5.41, 5.74) is 5.87. The van der Waals surface area contributed by atoms with Crippen molar-refractivity contribution in [3.63, 3.8) is 0 Å². The molecule has 2 atom stereocenters. The van der Waals surface area contributed by atoms with Crippen molar-refractivity contribution in [1.29, 1.82) is 0 Å². The zero-order valence-electron chi connectivity index (χ0n) is 21.4. The van der Waals surface area contributed by atoms with Crippen molar-refractivity contribution in [3.8, 4) is 11.3 Å². The summed E-state index contributed by atoms with van der Waals surface area (Å²) in [5.74, 6) is 0.541. The number of hydrogen-bond acceptors (Lipinski definition) is 2. The maximum Gasteiger partial charge on any atom is 0.0768 e. The molecule has 2 unspecified atom stereocenters. The molecule has 1 N–H and O–H groups in total. The second-order valence-corrected chi connectivity index (χ2v) is 10.2. The lowest BCUT2D eigenvalue weighted by Gasteiger charge is -2.28. The summed E-state index contributed by atoms with van der Waals surface area (Å²) in [5, 5.41) is 9.06. The summed E-state index contributed by atoms with van der Waals surface area (Å²) in [6.07, 6.45) is 7.98. The SMILES string of the molecule is CC(C)C1=CCC(NC(c2cccc(-c3ccccc3)n2)c2c3ccccc3cc3ccccc23)C=C1. The minimum atomic E-state index is -0.0664. The monoisotopic (exact) mass is 480 g/mol. The van der Waals surface area contributed by atoms with Crippen molar-refractivity contribution in [2.24, 2.45) is 5.92 Å². The molecule has 5 aromatic rings. The molecule has 0 fully saturated rings. The standard InChI is InChI=1S/C35H32N2/c1-24(2)25-19-21-29(22-20-25)36-35(33-18-10-17-32(37-33)26-11-4-3-5-12-26)34-30-15-8-6-13-27(30)23-28-14-7-9-16-31(28)34/h3-21,23-24,29,35-36H,22H2,1-2H3. The minimum Gasteiger partial charge on any atom is -0.298 e. The summed E-state index contributed by atoms with van der Waals surface area (Å²) in [6, 6.07) is 36.8. The van der Waals surface area contributed by atoms with E-state index >= 15 is 0 Å². The highest BCUT2D eigenvalue weighted by atomic mass is 15.0. The summed E-state index contributed by atoms with van der Waals surface area (Å²) in [6.45, 7) is 4.52. The van der Waals surface area contributed by atoms with Gasteiger partial charge in [-0.3, -0.25) is 10.3 Å². The van der Waals surface area contributed by atoms with E-state index < -0.39 is 0 Å². The third-order valence-electron chi connectivity index (χ3n) is 7.41. The fourth-order valence-corrected chi connectivity index (χ4v) is 5.46. The Morgan fingerprint density at radius 1 is 0.757 bits per heavy atom. The van der Waals surface area contributed by atoms with Gasteiger partial charge in [0.25, 0.3) is 0 Å². The van der Waals surface area contributed by atoms with Gasteiger partial charge in [-0.15, -0.1) is 0 Å². The van der Waals surface area contributed by atoms with E-state index in [9.17, 15) is 0 Å². The van der Waals surface area contributed by atoms with Crippen LogP contribution in [0, 0.1) is 5.92 Å². The highest BCUT2D eigenvalue weighted by Crippen LogP contribution is 2.37. The fraction of sp³-hybridized carbons (Fsp3) is 0.171. The highest BCUT2D eigenvalue weighted by molar-refractivity contribution is 6.03. The Bertz CT molecular complexity index is 1560.